The van der Waals surface area contributed by atoms with E-state index in [9.17, 15) is 9.59 Å². The van der Waals surface area contributed by atoms with Crippen LogP contribution in [0.1, 0.15) is 10.4 Å². The van der Waals surface area contributed by atoms with E-state index in [0.717, 1.165) is 15.5 Å². The third-order valence-corrected chi connectivity index (χ3v) is 6.69. The molecule has 0 unspecified atom stereocenters. The van der Waals surface area contributed by atoms with Crippen molar-refractivity contribution in [2.45, 2.75) is 0 Å². The van der Waals surface area contributed by atoms with E-state index in [1.165, 1.54) is 4.57 Å². The minimum absolute atomic E-state index is 0.0111. The Morgan fingerprint density at radius 3 is 2.47 bits per heavy atom. The summed E-state index contributed by atoms with van der Waals surface area (Å²) >= 11 is 3.42. The lowest BCUT2D eigenvalue weighted by atomic mass is 10.1. The highest BCUT2D eigenvalue weighted by atomic mass is 79.9. The number of fused-ring (bicyclic) bond motifs is 2. The van der Waals surface area contributed by atoms with Gasteiger partial charge in [-0.3, -0.25) is 14.2 Å². The number of rotatable bonds is 5. The average molecular weight is 566 g/mol. The predicted octanol–water partition coefficient (Wildman–Crippen LogP) is 6.08. The highest BCUT2D eigenvalue weighted by molar-refractivity contribution is 9.10. The maximum Gasteiger partial charge on any atom is 0.269 e. The number of anilines is 1. The van der Waals surface area contributed by atoms with E-state index in [-0.39, 0.29) is 5.56 Å². The molecule has 0 aliphatic rings. The van der Waals surface area contributed by atoms with Gasteiger partial charge in [0.05, 0.1) is 11.1 Å². The van der Waals surface area contributed by atoms with Crippen molar-refractivity contribution in [2.75, 3.05) is 5.32 Å². The van der Waals surface area contributed by atoms with Crippen LogP contribution in [-0.2, 0) is 7.05 Å². The summed E-state index contributed by atoms with van der Waals surface area (Å²) in [6.07, 6.45) is 5.25. The Hall–Kier alpha value is -4.76. The minimum atomic E-state index is -0.514. The highest BCUT2D eigenvalue weighted by Crippen LogP contribution is 2.30. The molecule has 0 aliphatic heterocycles. The van der Waals surface area contributed by atoms with Crippen molar-refractivity contribution in [3.8, 4) is 17.2 Å². The number of nitrogens with one attached hydrogen (secondary N) is 1. The van der Waals surface area contributed by atoms with Crippen LogP contribution in [0.2, 0.25) is 0 Å². The molecule has 6 aromatic rings. The Balaban J connectivity index is 1.29. The smallest absolute Gasteiger partial charge is 0.269 e. The first-order chi connectivity index (χ1) is 18.5. The number of ether oxygens (including phenoxy) is 1. The van der Waals surface area contributed by atoms with E-state index in [4.69, 9.17) is 4.74 Å². The first kappa shape index (κ1) is 23.6. The lowest BCUT2D eigenvalue weighted by Crippen LogP contribution is -2.29. The molecule has 1 N–H and O–H groups in total. The molecule has 0 bridgehead atoms. The number of nitrogens with zero attached hydrogens (tertiary/aromatic N) is 4. The van der Waals surface area contributed by atoms with Crippen molar-refractivity contribution in [2.24, 2.45) is 7.05 Å². The normalized spacial score (nSPS) is 11.1. The summed E-state index contributed by atoms with van der Waals surface area (Å²) in [7, 11) is 1.93. The molecular weight excluding hydrogens is 546 g/mol. The van der Waals surface area contributed by atoms with E-state index in [1.807, 2.05) is 48.1 Å². The van der Waals surface area contributed by atoms with Gasteiger partial charge in [0.25, 0.3) is 11.5 Å². The minimum Gasteiger partial charge on any atom is -0.457 e. The van der Waals surface area contributed by atoms with Crippen molar-refractivity contribution in [1.82, 2.24) is 19.1 Å². The van der Waals surface area contributed by atoms with Crippen molar-refractivity contribution in [1.29, 1.82) is 0 Å². The molecule has 6 rings (SSSR count). The molecule has 0 aliphatic carbocycles. The van der Waals surface area contributed by atoms with Crippen LogP contribution in [0.3, 0.4) is 0 Å². The zero-order valence-corrected chi connectivity index (χ0v) is 21.7. The summed E-state index contributed by atoms with van der Waals surface area (Å²) < 4.78 is 10.3. The fourth-order valence-electron chi connectivity index (χ4n) is 4.30. The number of hydrogen-bond acceptors (Lipinski definition) is 5. The molecule has 9 heteroatoms. The number of benzene rings is 2. The van der Waals surface area contributed by atoms with E-state index in [0.29, 0.717) is 33.9 Å². The Labute approximate surface area is 225 Å². The summed E-state index contributed by atoms with van der Waals surface area (Å²) in [4.78, 5) is 35.5. The third kappa shape index (κ3) is 4.33. The van der Waals surface area contributed by atoms with Crippen LogP contribution in [0.25, 0.3) is 27.8 Å². The van der Waals surface area contributed by atoms with Gasteiger partial charge >= 0.3 is 0 Å². The van der Waals surface area contributed by atoms with Crippen LogP contribution >= 0.6 is 15.9 Å². The summed E-state index contributed by atoms with van der Waals surface area (Å²) in [5, 5.41) is 4.40. The average Bonchev–Trinajstić information content (AvgIpc) is 3.32. The van der Waals surface area contributed by atoms with Gasteiger partial charge in [-0.1, -0.05) is 15.9 Å². The zero-order chi connectivity index (χ0) is 26.2. The molecule has 186 valence electrons. The third-order valence-electron chi connectivity index (χ3n) is 6.16. The number of halogens is 1. The van der Waals surface area contributed by atoms with E-state index >= 15 is 0 Å². The van der Waals surface area contributed by atoms with Crippen molar-refractivity contribution in [3.05, 3.63) is 118 Å². The van der Waals surface area contributed by atoms with Crippen molar-refractivity contribution in [3.63, 3.8) is 0 Å². The van der Waals surface area contributed by atoms with Crippen LogP contribution in [0.4, 0.5) is 5.69 Å². The SMILES string of the molecule is Cn1ccc2c(Oc3ccc(NC(=O)c4cc5cccnc5n(-c5ccc(Br)cc5)c4=O)cc3)ccnc21. The topological polar surface area (TPSA) is 91.0 Å². The molecule has 0 saturated carbocycles. The summed E-state index contributed by atoms with van der Waals surface area (Å²) in [5.41, 5.74) is 1.99. The molecular formula is C29H20BrN5O3. The number of aryl methyl sites for hydroxylation is 1. The second-order valence-electron chi connectivity index (χ2n) is 8.64. The lowest BCUT2D eigenvalue weighted by molar-refractivity contribution is 0.102. The summed E-state index contributed by atoms with van der Waals surface area (Å²) in [6, 6.07) is 23.2. The molecule has 0 saturated heterocycles. The summed E-state index contributed by atoms with van der Waals surface area (Å²) in [6.45, 7) is 0. The van der Waals surface area contributed by atoms with Crippen LogP contribution < -0.4 is 15.6 Å². The number of carbonyl (C=O) groups is 1. The molecule has 2 aromatic carbocycles. The van der Waals surface area contributed by atoms with Gasteiger partial charge in [0.15, 0.2) is 0 Å². The Bertz CT molecular complexity index is 1880. The summed E-state index contributed by atoms with van der Waals surface area (Å²) in [5.74, 6) is 0.778. The molecule has 0 radical (unpaired) electrons. The van der Waals surface area contributed by atoms with Crippen molar-refractivity contribution >= 4 is 49.6 Å². The Morgan fingerprint density at radius 1 is 0.921 bits per heavy atom. The Kier molecular flexibility index (Phi) is 5.97. The lowest BCUT2D eigenvalue weighted by Gasteiger charge is -2.13. The molecule has 0 fully saturated rings. The van der Waals surface area contributed by atoms with E-state index in [1.54, 1.807) is 60.9 Å². The first-order valence-electron chi connectivity index (χ1n) is 11.7. The molecule has 8 nitrogen and oxygen atoms in total. The van der Waals surface area contributed by atoms with Gasteiger partial charge in [0.2, 0.25) is 0 Å². The van der Waals surface area contributed by atoms with Gasteiger partial charge in [-0.05, 0) is 78.9 Å². The fourth-order valence-corrected chi connectivity index (χ4v) is 4.56. The van der Waals surface area contributed by atoms with Gasteiger partial charge in [-0.15, -0.1) is 0 Å². The monoisotopic (exact) mass is 565 g/mol. The molecule has 1 amide bonds. The van der Waals surface area contributed by atoms with Crippen LogP contribution in [0, 0.1) is 0 Å². The van der Waals surface area contributed by atoms with Gasteiger partial charge in [0.1, 0.15) is 28.4 Å². The largest absolute Gasteiger partial charge is 0.457 e. The maximum atomic E-state index is 13.5. The quantitative estimate of drug-likeness (QED) is 0.273. The second kappa shape index (κ2) is 9.60. The zero-order valence-electron chi connectivity index (χ0n) is 20.1. The predicted molar refractivity (Wildman–Crippen MR) is 150 cm³/mol. The number of amides is 1. The molecule has 4 heterocycles. The standard InChI is InChI=1S/C29H20BrN5O3/c1-34-16-13-23-25(12-15-32-27(23)34)38-22-10-6-20(7-11-22)33-28(36)24-17-18-3-2-14-31-26(18)35(29(24)37)21-8-4-19(30)5-9-21/h2-17H,1H3,(H,33,36). The fraction of sp³-hybridized carbons (Fsp3) is 0.0345. The Morgan fingerprint density at radius 2 is 1.68 bits per heavy atom. The molecule has 0 atom stereocenters. The first-order valence-corrected chi connectivity index (χ1v) is 12.5. The van der Waals surface area contributed by atoms with E-state index < -0.39 is 11.5 Å². The van der Waals surface area contributed by atoms with Crippen LogP contribution in [-0.4, -0.2) is 25.0 Å². The van der Waals surface area contributed by atoms with Crippen LogP contribution in [0.5, 0.6) is 11.5 Å². The van der Waals surface area contributed by atoms with Crippen LogP contribution in [0.15, 0.2) is 107 Å². The number of hydrogen-bond donors (Lipinski definition) is 1. The number of carbonyl (C=O) groups excluding carboxylic acids is 1. The van der Waals surface area contributed by atoms with Gasteiger partial charge in [-0.25, -0.2) is 9.97 Å². The van der Waals surface area contributed by atoms with Gasteiger partial charge < -0.3 is 14.6 Å². The number of aromatic nitrogens is 4. The van der Waals surface area contributed by atoms with E-state index in [2.05, 4.69) is 31.2 Å². The molecule has 4 aromatic heterocycles. The number of pyridine rings is 3. The van der Waals surface area contributed by atoms with Gasteiger partial charge in [0, 0.05) is 41.2 Å². The highest BCUT2D eigenvalue weighted by Gasteiger charge is 2.18. The maximum absolute atomic E-state index is 13.5. The van der Waals surface area contributed by atoms with Crippen molar-refractivity contribution < 1.29 is 9.53 Å². The second-order valence-corrected chi connectivity index (χ2v) is 9.56. The molecule has 0 spiro atoms. The van der Waals surface area contributed by atoms with Gasteiger partial charge in [-0.2, -0.15) is 0 Å². The molecule has 38 heavy (non-hydrogen) atoms.